The summed E-state index contributed by atoms with van der Waals surface area (Å²) in [5.74, 6) is 1.59. The second-order valence-electron chi connectivity index (χ2n) is 7.11. The third kappa shape index (κ3) is 4.54. The lowest BCUT2D eigenvalue weighted by Gasteiger charge is -2.29. The van der Waals surface area contributed by atoms with E-state index in [2.05, 4.69) is 16.4 Å². The SMILES string of the molecule is COc1ccc(N2C=NC(c3ccccc3OC)=CC2N)cc1CNc1ccccc1. The second kappa shape index (κ2) is 9.36. The predicted octanol–water partition coefficient (Wildman–Crippen LogP) is 4.49. The van der Waals surface area contributed by atoms with Crippen molar-refractivity contribution in [2.24, 2.45) is 10.7 Å². The molecular formula is C25H26N4O2. The van der Waals surface area contributed by atoms with Gasteiger partial charge in [0.1, 0.15) is 17.7 Å². The van der Waals surface area contributed by atoms with Gasteiger partial charge < -0.3 is 25.4 Å². The normalized spacial score (nSPS) is 15.4. The zero-order chi connectivity index (χ0) is 21.6. The Bertz CT molecular complexity index is 1100. The lowest BCUT2D eigenvalue weighted by molar-refractivity contribution is 0.410. The van der Waals surface area contributed by atoms with E-state index in [4.69, 9.17) is 15.2 Å². The van der Waals surface area contributed by atoms with Crippen LogP contribution in [-0.4, -0.2) is 26.7 Å². The Morgan fingerprint density at radius 3 is 2.42 bits per heavy atom. The Balaban J connectivity index is 1.56. The molecule has 0 saturated carbocycles. The molecule has 0 bridgehead atoms. The first-order valence-corrected chi connectivity index (χ1v) is 10.1. The number of rotatable bonds is 7. The van der Waals surface area contributed by atoms with E-state index in [9.17, 15) is 0 Å². The van der Waals surface area contributed by atoms with Crippen LogP contribution >= 0.6 is 0 Å². The molecule has 0 radical (unpaired) electrons. The summed E-state index contributed by atoms with van der Waals surface area (Å²) < 4.78 is 11.0. The summed E-state index contributed by atoms with van der Waals surface area (Å²) in [6, 6.07) is 23.9. The molecule has 3 aromatic rings. The maximum absolute atomic E-state index is 6.49. The van der Waals surface area contributed by atoms with Crippen LogP contribution in [0.1, 0.15) is 11.1 Å². The minimum absolute atomic E-state index is 0.360. The number of anilines is 2. The lowest BCUT2D eigenvalue weighted by Crippen LogP contribution is -2.41. The molecule has 0 spiro atoms. The number of hydrogen-bond acceptors (Lipinski definition) is 6. The van der Waals surface area contributed by atoms with Crippen LogP contribution in [0.3, 0.4) is 0 Å². The van der Waals surface area contributed by atoms with Gasteiger partial charge >= 0.3 is 0 Å². The van der Waals surface area contributed by atoms with Crippen LogP contribution < -0.4 is 25.4 Å². The zero-order valence-corrected chi connectivity index (χ0v) is 17.7. The Morgan fingerprint density at radius 1 is 0.935 bits per heavy atom. The fourth-order valence-electron chi connectivity index (χ4n) is 3.56. The van der Waals surface area contributed by atoms with Crippen molar-refractivity contribution in [3.8, 4) is 11.5 Å². The molecule has 1 aliphatic heterocycles. The monoisotopic (exact) mass is 414 g/mol. The van der Waals surface area contributed by atoms with Gasteiger partial charge in [0.15, 0.2) is 0 Å². The van der Waals surface area contributed by atoms with E-state index in [1.807, 2.05) is 77.7 Å². The molecule has 31 heavy (non-hydrogen) atoms. The first-order valence-electron chi connectivity index (χ1n) is 10.1. The number of nitrogens with one attached hydrogen (secondary N) is 1. The standard InChI is InChI=1S/C25H26N4O2/c1-30-23-13-12-20(14-18(23)16-27-19-8-4-3-5-9-19)29-17-28-22(15-25(29)26)21-10-6-7-11-24(21)31-2/h3-15,17,25,27H,16,26H2,1-2H3. The Morgan fingerprint density at radius 2 is 1.68 bits per heavy atom. The van der Waals surface area contributed by atoms with Gasteiger partial charge in [0.25, 0.3) is 0 Å². The summed E-state index contributed by atoms with van der Waals surface area (Å²) in [7, 11) is 3.33. The van der Waals surface area contributed by atoms with E-state index in [1.54, 1.807) is 20.6 Å². The molecule has 1 heterocycles. The van der Waals surface area contributed by atoms with Gasteiger partial charge in [0.2, 0.25) is 0 Å². The van der Waals surface area contributed by atoms with Crippen LogP contribution in [0.5, 0.6) is 11.5 Å². The van der Waals surface area contributed by atoms with Gasteiger partial charge in [-0.1, -0.05) is 30.3 Å². The summed E-state index contributed by atoms with van der Waals surface area (Å²) in [6.07, 6.45) is 3.34. The number of benzene rings is 3. The average molecular weight is 415 g/mol. The van der Waals surface area contributed by atoms with Crippen LogP contribution in [-0.2, 0) is 6.54 Å². The molecule has 6 heteroatoms. The van der Waals surface area contributed by atoms with Crippen LogP contribution in [0.2, 0.25) is 0 Å². The molecule has 0 fully saturated rings. The van der Waals surface area contributed by atoms with Crippen molar-refractivity contribution in [1.82, 2.24) is 0 Å². The zero-order valence-electron chi connectivity index (χ0n) is 17.7. The van der Waals surface area contributed by atoms with Gasteiger partial charge in [0, 0.05) is 29.0 Å². The van der Waals surface area contributed by atoms with Gasteiger partial charge in [-0.25, -0.2) is 4.99 Å². The molecular weight excluding hydrogens is 388 g/mol. The Kier molecular flexibility index (Phi) is 6.19. The summed E-state index contributed by atoms with van der Waals surface area (Å²) in [5.41, 5.74) is 11.2. The van der Waals surface area contributed by atoms with Crippen molar-refractivity contribution < 1.29 is 9.47 Å². The van der Waals surface area contributed by atoms with Crippen LogP contribution in [0, 0.1) is 0 Å². The number of para-hydroxylation sites is 2. The molecule has 0 saturated heterocycles. The van der Waals surface area contributed by atoms with Gasteiger partial charge in [-0.2, -0.15) is 0 Å². The molecule has 6 nitrogen and oxygen atoms in total. The molecule has 158 valence electrons. The highest BCUT2D eigenvalue weighted by atomic mass is 16.5. The summed E-state index contributed by atoms with van der Waals surface area (Å²) in [4.78, 5) is 6.57. The summed E-state index contributed by atoms with van der Waals surface area (Å²) in [5, 5.41) is 3.43. The molecule has 0 aromatic heterocycles. The van der Waals surface area contributed by atoms with Crippen LogP contribution in [0.15, 0.2) is 83.9 Å². The van der Waals surface area contributed by atoms with Crippen LogP contribution in [0.25, 0.3) is 5.70 Å². The molecule has 3 N–H and O–H groups in total. The minimum atomic E-state index is -0.360. The Hall–Kier alpha value is -3.77. The minimum Gasteiger partial charge on any atom is -0.496 e. The van der Waals surface area contributed by atoms with Crippen LogP contribution in [0.4, 0.5) is 11.4 Å². The number of ether oxygens (including phenoxy) is 2. The number of nitrogens with zero attached hydrogens (tertiary/aromatic N) is 2. The molecule has 3 aromatic carbocycles. The highest BCUT2D eigenvalue weighted by molar-refractivity contribution is 5.89. The van der Waals surface area contributed by atoms with Crippen molar-refractivity contribution in [3.63, 3.8) is 0 Å². The summed E-state index contributed by atoms with van der Waals surface area (Å²) >= 11 is 0. The molecule has 0 amide bonds. The first kappa shape index (κ1) is 20.5. The van der Waals surface area contributed by atoms with E-state index >= 15 is 0 Å². The van der Waals surface area contributed by atoms with Gasteiger partial charge in [-0.15, -0.1) is 0 Å². The van der Waals surface area contributed by atoms with Crippen molar-refractivity contribution in [1.29, 1.82) is 0 Å². The molecule has 1 aliphatic rings. The van der Waals surface area contributed by atoms with E-state index in [0.717, 1.165) is 39.7 Å². The highest BCUT2D eigenvalue weighted by Gasteiger charge is 2.20. The first-order chi connectivity index (χ1) is 15.2. The van der Waals surface area contributed by atoms with Gasteiger partial charge in [-0.3, -0.25) is 0 Å². The predicted molar refractivity (Wildman–Crippen MR) is 127 cm³/mol. The van der Waals surface area contributed by atoms with Crippen molar-refractivity contribution >= 4 is 23.4 Å². The number of aliphatic imine (C=N–C) groups is 1. The fourth-order valence-corrected chi connectivity index (χ4v) is 3.56. The summed E-state index contributed by atoms with van der Waals surface area (Å²) in [6.45, 7) is 0.629. The average Bonchev–Trinajstić information content (AvgIpc) is 2.83. The largest absolute Gasteiger partial charge is 0.496 e. The molecule has 1 unspecified atom stereocenters. The maximum atomic E-state index is 6.49. The van der Waals surface area contributed by atoms with Crippen molar-refractivity contribution in [2.45, 2.75) is 12.7 Å². The number of methoxy groups -OCH3 is 2. The van der Waals surface area contributed by atoms with Crippen molar-refractivity contribution in [3.05, 3.63) is 90.0 Å². The quantitative estimate of drug-likeness (QED) is 0.596. The number of hydrogen-bond donors (Lipinski definition) is 2. The smallest absolute Gasteiger partial charge is 0.128 e. The van der Waals surface area contributed by atoms with Gasteiger partial charge in [0.05, 0.1) is 26.3 Å². The fraction of sp³-hybridized carbons (Fsp3) is 0.160. The highest BCUT2D eigenvalue weighted by Crippen LogP contribution is 2.31. The third-order valence-electron chi connectivity index (χ3n) is 5.17. The van der Waals surface area contributed by atoms with E-state index in [1.165, 1.54) is 0 Å². The maximum Gasteiger partial charge on any atom is 0.128 e. The topological polar surface area (TPSA) is 72.1 Å². The van der Waals surface area contributed by atoms with E-state index in [0.29, 0.717) is 6.54 Å². The molecule has 1 atom stereocenters. The number of nitrogens with two attached hydrogens (primary N) is 1. The second-order valence-corrected chi connectivity index (χ2v) is 7.11. The van der Waals surface area contributed by atoms with E-state index in [-0.39, 0.29) is 6.17 Å². The lowest BCUT2D eigenvalue weighted by atomic mass is 10.1. The third-order valence-corrected chi connectivity index (χ3v) is 5.17. The van der Waals surface area contributed by atoms with Gasteiger partial charge in [-0.05, 0) is 48.5 Å². The van der Waals surface area contributed by atoms with E-state index < -0.39 is 0 Å². The molecule has 4 rings (SSSR count). The molecule has 0 aliphatic carbocycles. The van der Waals surface area contributed by atoms with Crippen molar-refractivity contribution in [2.75, 3.05) is 24.4 Å². The Labute approximate surface area is 182 Å².